The third kappa shape index (κ3) is 2.47. The standard InChI is InChI=1S/C22H29FO4/c1-11-6-14-13-8-16(23)15-7-12(25)4-5-21(15,2)20(13)17(26)9-22(14,3)19(11)18(27)10-24/h4-5,7,11,13-14,16-17,19-20,24,26H,6,8-10H2,1-3H3/t11?,13?,14?,16?,17?,19?,20?,21-,22-/m0/s1. The monoisotopic (exact) mass is 376 g/mol. The van der Waals surface area contributed by atoms with Gasteiger partial charge in [-0.1, -0.05) is 26.8 Å². The highest BCUT2D eigenvalue weighted by Gasteiger charge is 2.65. The molecule has 3 fully saturated rings. The number of aliphatic hydroxyl groups is 2. The van der Waals surface area contributed by atoms with Crippen LogP contribution < -0.4 is 0 Å². The largest absolute Gasteiger partial charge is 0.393 e. The molecule has 4 rings (SSSR count). The fourth-order valence-corrected chi connectivity index (χ4v) is 7.49. The molecule has 0 aromatic heterocycles. The second-order valence-corrected chi connectivity index (χ2v) is 9.71. The molecule has 4 aliphatic rings. The number of halogens is 1. The van der Waals surface area contributed by atoms with Crippen LogP contribution in [0.25, 0.3) is 0 Å². The Kier molecular flexibility index (Phi) is 4.28. The highest BCUT2D eigenvalue weighted by Crippen LogP contribution is 2.67. The molecule has 148 valence electrons. The predicted octanol–water partition coefficient (Wildman–Crippen LogP) is 2.64. The van der Waals surface area contributed by atoms with Crippen molar-refractivity contribution in [3.8, 4) is 0 Å². The number of ketones is 2. The molecule has 9 atom stereocenters. The molecule has 3 saturated carbocycles. The first-order valence-electron chi connectivity index (χ1n) is 10.0. The number of allylic oxidation sites excluding steroid dienone is 4. The van der Waals surface area contributed by atoms with Gasteiger partial charge in [-0.3, -0.25) is 9.59 Å². The molecular formula is C22H29FO4. The maximum atomic E-state index is 15.2. The molecule has 2 N–H and O–H groups in total. The van der Waals surface area contributed by atoms with Gasteiger partial charge in [-0.05, 0) is 60.2 Å². The molecule has 0 heterocycles. The SMILES string of the molecule is CC1CC2C3CC(F)C4=CC(=O)C=C[C@]4(C)C3C(O)C[C@]2(C)C1C(=O)CO. The van der Waals surface area contributed by atoms with Crippen molar-refractivity contribution in [2.75, 3.05) is 6.61 Å². The van der Waals surface area contributed by atoms with E-state index in [2.05, 4.69) is 0 Å². The molecule has 7 unspecified atom stereocenters. The number of hydrogen-bond acceptors (Lipinski definition) is 4. The number of Topliss-reactive ketones (excluding diaryl/α,β-unsaturated/α-hetero) is 1. The first kappa shape index (κ1) is 19.0. The summed E-state index contributed by atoms with van der Waals surface area (Å²) in [6.07, 6.45) is 4.39. The lowest BCUT2D eigenvalue weighted by Gasteiger charge is -2.59. The van der Waals surface area contributed by atoms with Crippen LogP contribution in [0, 0.1) is 40.4 Å². The van der Waals surface area contributed by atoms with Crippen molar-refractivity contribution < 1.29 is 24.2 Å². The lowest BCUT2D eigenvalue weighted by molar-refractivity contribution is -0.144. The molecule has 0 aliphatic heterocycles. The summed E-state index contributed by atoms with van der Waals surface area (Å²) < 4.78 is 15.2. The van der Waals surface area contributed by atoms with Crippen molar-refractivity contribution in [2.45, 2.75) is 52.3 Å². The number of hydrogen-bond donors (Lipinski definition) is 2. The van der Waals surface area contributed by atoms with Crippen molar-refractivity contribution in [1.82, 2.24) is 0 Å². The maximum Gasteiger partial charge on any atom is 0.178 e. The van der Waals surface area contributed by atoms with Crippen molar-refractivity contribution in [3.05, 3.63) is 23.8 Å². The van der Waals surface area contributed by atoms with E-state index in [1.807, 2.05) is 20.8 Å². The average Bonchev–Trinajstić information content (AvgIpc) is 2.85. The highest BCUT2D eigenvalue weighted by molar-refractivity contribution is 6.01. The van der Waals surface area contributed by atoms with Crippen molar-refractivity contribution in [1.29, 1.82) is 0 Å². The Balaban J connectivity index is 1.77. The minimum atomic E-state index is -1.21. The number of carbonyl (C=O) groups is 2. The fraction of sp³-hybridized carbons (Fsp3) is 0.727. The fourth-order valence-electron chi connectivity index (χ4n) is 7.49. The van der Waals surface area contributed by atoms with E-state index in [0.29, 0.717) is 12.0 Å². The van der Waals surface area contributed by atoms with Gasteiger partial charge in [-0.15, -0.1) is 0 Å². The number of rotatable bonds is 2. The molecule has 5 heteroatoms. The third-order valence-electron chi connectivity index (χ3n) is 8.32. The van der Waals surface area contributed by atoms with Gasteiger partial charge in [0.25, 0.3) is 0 Å². The zero-order chi connectivity index (χ0) is 19.7. The molecule has 0 amide bonds. The molecule has 0 bridgehead atoms. The van der Waals surface area contributed by atoms with Gasteiger partial charge in [0.1, 0.15) is 12.8 Å². The first-order chi connectivity index (χ1) is 12.6. The van der Waals surface area contributed by atoms with Crippen LogP contribution in [0.3, 0.4) is 0 Å². The van der Waals surface area contributed by atoms with Crippen LogP contribution >= 0.6 is 0 Å². The van der Waals surface area contributed by atoms with E-state index in [4.69, 9.17) is 0 Å². The van der Waals surface area contributed by atoms with Gasteiger partial charge in [0, 0.05) is 17.3 Å². The lowest BCUT2D eigenvalue weighted by atomic mass is 9.46. The molecule has 27 heavy (non-hydrogen) atoms. The van der Waals surface area contributed by atoms with Gasteiger partial charge in [0.05, 0.1) is 6.10 Å². The molecule has 0 aromatic carbocycles. The molecule has 4 nitrogen and oxygen atoms in total. The maximum absolute atomic E-state index is 15.2. The van der Waals surface area contributed by atoms with Crippen LogP contribution in [0.15, 0.2) is 23.8 Å². The predicted molar refractivity (Wildman–Crippen MR) is 98.4 cm³/mol. The summed E-state index contributed by atoms with van der Waals surface area (Å²) in [6.45, 7) is 5.53. The molecule has 0 aromatic rings. The van der Waals surface area contributed by atoms with Crippen molar-refractivity contribution >= 4 is 11.6 Å². The van der Waals surface area contributed by atoms with Crippen LogP contribution in [0.5, 0.6) is 0 Å². The summed E-state index contributed by atoms with van der Waals surface area (Å²) in [7, 11) is 0. The van der Waals surface area contributed by atoms with E-state index in [1.54, 1.807) is 6.08 Å². The van der Waals surface area contributed by atoms with Gasteiger partial charge in [-0.2, -0.15) is 0 Å². The Morgan fingerprint density at radius 1 is 1.33 bits per heavy atom. The zero-order valence-corrected chi connectivity index (χ0v) is 16.2. The van der Waals surface area contributed by atoms with E-state index in [1.165, 1.54) is 12.2 Å². The summed E-state index contributed by atoms with van der Waals surface area (Å²) in [5.41, 5.74) is -0.599. The lowest BCUT2D eigenvalue weighted by Crippen LogP contribution is -2.58. The van der Waals surface area contributed by atoms with Gasteiger partial charge >= 0.3 is 0 Å². The van der Waals surface area contributed by atoms with Gasteiger partial charge < -0.3 is 10.2 Å². The second-order valence-electron chi connectivity index (χ2n) is 9.71. The molecular weight excluding hydrogens is 347 g/mol. The quantitative estimate of drug-likeness (QED) is 0.777. The normalized spacial score (nSPS) is 51.3. The van der Waals surface area contributed by atoms with E-state index >= 15 is 4.39 Å². The molecule has 4 aliphatic carbocycles. The van der Waals surface area contributed by atoms with Crippen LogP contribution in [0.1, 0.15) is 40.0 Å². The smallest absolute Gasteiger partial charge is 0.178 e. The van der Waals surface area contributed by atoms with E-state index in [-0.39, 0.29) is 47.6 Å². The summed E-state index contributed by atoms with van der Waals surface area (Å²) >= 11 is 0. The van der Waals surface area contributed by atoms with E-state index in [9.17, 15) is 19.8 Å². The van der Waals surface area contributed by atoms with Crippen LogP contribution in [-0.4, -0.2) is 40.7 Å². The number of fused-ring (bicyclic) bond motifs is 5. The van der Waals surface area contributed by atoms with Crippen LogP contribution in [0.2, 0.25) is 0 Å². The molecule has 0 saturated heterocycles. The Morgan fingerprint density at radius 3 is 2.70 bits per heavy atom. The minimum Gasteiger partial charge on any atom is -0.393 e. The Morgan fingerprint density at radius 2 is 2.04 bits per heavy atom. The summed E-state index contributed by atoms with van der Waals surface area (Å²) in [4.78, 5) is 24.3. The second kappa shape index (κ2) is 6.08. The topological polar surface area (TPSA) is 74.6 Å². The van der Waals surface area contributed by atoms with E-state index in [0.717, 1.165) is 6.42 Å². The molecule has 0 spiro atoms. The number of aliphatic hydroxyl groups excluding tert-OH is 2. The van der Waals surface area contributed by atoms with Gasteiger partial charge in [-0.25, -0.2) is 4.39 Å². The van der Waals surface area contributed by atoms with Gasteiger partial charge in [0.15, 0.2) is 11.6 Å². The Hall–Kier alpha value is -1.33. The average molecular weight is 376 g/mol. The van der Waals surface area contributed by atoms with Gasteiger partial charge in [0.2, 0.25) is 0 Å². The Labute approximate surface area is 159 Å². The minimum absolute atomic E-state index is 0.0484. The van der Waals surface area contributed by atoms with Crippen LogP contribution in [-0.2, 0) is 9.59 Å². The highest BCUT2D eigenvalue weighted by atomic mass is 19.1. The first-order valence-corrected chi connectivity index (χ1v) is 10.0. The van der Waals surface area contributed by atoms with E-state index < -0.39 is 29.7 Å². The number of alkyl halides is 1. The Bertz CT molecular complexity index is 743. The number of carbonyl (C=O) groups excluding carboxylic acids is 2. The van der Waals surface area contributed by atoms with Crippen molar-refractivity contribution in [3.63, 3.8) is 0 Å². The zero-order valence-electron chi connectivity index (χ0n) is 16.2. The molecule has 0 radical (unpaired) electrons. The summed E-state index contributed by atoms with van der Waals surface area (Å²) in [6, 6.07) is 0. The van der Waals surface area contributed by atoms with Crippen molar-refractivity contribution in [2.24, 2.45) is 40.4 Å². The van der Waals surface area contributed by atoms with Crippen LogP contribution in [0.4, 0.5) is 4.39 Å². The third-order valence-corrected chi connectivity index (χ3v) is 8.32. The summed E-state index contributed by atoms with van der Waals surface area (Å²) in [5.74, 6) is -0.626. The summed E-state index contributed by atoms with van der Waals surface area (Å²) in [5, 5.41) is 20.6.